The summed E-state index contributed by atoms with van der Waals surface area (Å²) in [6.07, 6.45) is 1.31. The molecular formula is C10H13N3O5. The molecule has 1 unspecified atom stereocenters. The van der Waals surface area contributed by atoms with Gasteiger partial charge in [0.2, 0.25) is 0 Å². The van der Waals surface area contributed by atoms with Gasteiger partial charge in [0.15, 0.2) is 0 Å². The molecule has 0 saturated carbocycles. The number of ether oxygens (including phenoxy) is 1. The standard InChI is InChI=1S/C10H13N3O5/c1-6-4-11-9(3-8(6)13(16)17)12-7(5-18-2)10(14)15/h3-4,7H,5H2,1-2H3,(H,11,12)(H,14,15). The first kappa shape index (κ1) is 13.8. The minimum Gasteiger partial charge on any atom is -0.480 e. The fraction of sp³-hybridized carbons (Fsp3) is 0.400. The highest BCUT2D eigenvalue weighted by molar-refractivity contribution is 5.77. The van der Waals surface area contributed by atoms with Crippen molar-refractivity contribution in [2.24, 2.45) is 0 Å². The first-order valence-electron chi connectivity index (χ1n) is 5.05. The summed E-state index contributed by atoms with van der Waals surface area (Å²) in [6, 6.07) is 0.186. The molecule has 1 aromatic heterocycles. The summed E-state index contributed by atoms with van der Waals surface area (Å²) < 4.78 is 4.73. The zero-order chi connectivity index (χ0) is 13.7. The van der Waals surface area contributed by atoms with Gasteiger partial charge in [0.05, 0.1) is 17.6 Å². The zero-order valence-corrected chi connectivity index (χ0v) is 9.91. The number of carbonyl (C=O) groups is 1. The van der Waals surface area contributed by atoms with E-state index >= 15 is 0 Å². The van der Waals surface area contributed by atoms with E-state index in [1.54, 1.807) is 6.92 Å². The molecule has 0 aromatic carbocycles. The van der Waals surface area contributed by atoms with Crippen molar-refractivity contribution in [3.8, 4) is 0 Å². The van der Waals surface area contributed by atoms with Gasteiger partial charge < -0.3 is 15.2 Å². The van der Waals surface area contributed by atoms with Gasteiger partial charge in [-0.1, -0.05) is 0 Å². The van der Waals surface area contributed by atoms with Crippen molar-refractivity contribution in [3.63, 3.8) is 0 Å². The van der Waals surface area contributed by atoms with E-state index in [2.05, 4.69) is 10.3 Å². The van der Waals surface area contributed by atoms with Crippen molar-refractivity contribution in [2.75, 3.05) is 19.0 Å². The van der Waals surface area contributed by atoms with Crippen molar-refractivity contribution in [1.82, 2.24) is 4.98 Å². The lowest BCUT2D eigenvalue weighted by Crippen LogP contribution is -2.33. The molecule has 0 fully saturated rings. The molecule has 98 valence electrons. The Morgan fingerprint density at radius 1 is 1.72 bits per heavy atom. The number of nitrogens with zero attached hydrogens (tertiary/aromatic N) is 2. The number of methoxy groups -OCH3 is 1. The Morgan fingerprint density at radius 3 is 2.89 bits per heavy atom. The van der Waals surface area contributed by atoms with Crippen LogP contribution in [-0.2, 0) is 9.53 Å². The Morgan fingerprint density at radius 2 is 2.39 bits per heavy atom. The average molecular weight is 255 g/mol. The number of anilines is 1. The second-order valence-electron chi connectivity index (χ2n) is 3.60. The summed E-state index contributed by atoms with van der Waals surface area (Å²) in [5.74, 6) is -1.00. The Labute approximate surface area is 103 Å². The van der Waals surface area contributed by atoms with Crippen LogP contribution in [0.4, 0.5) is 11.5 Å². The van der Waals surface area contributed by atoms with Gasteiger partial charge in [0.25, 0.3) is 5.69 Å². The Hall–Kier alpha value is -2.22. The highest BCUT2D eigenvalue weighted by Crippen LogP contribution is 2.20. The summed E-state index contributed by atoms with van der Waals surface area (Å²) >= 11 is 0. The maximum absolute atomic E-state index is 10.9. The number of pyridine rings is 1. The molecule has 1 aromatic rings. The second kappa shape index (κ2) is 5.92. The molecule has 0 saturated heterocycles. The van der Waals surface area contributed by atoms with Crippen molar-refractivity contribution < 1.29 is 19.6 Å². The maximum Gasteiger partial charge on any atom is 0.328 e. The molecule has 8 nitrogen and oxygen atoms in total. The zero-order valence-electron chi connectivity index (χ0n) is 9.91. The van der Waals surface area contributed by atoms with Crippen LogP contribution in [0.1, 0.15) is 5.56 Å². The molecule has 0 aliphatic heterocycles. The van der Waals surface area contributed by atoms with E-state index in [0.717, 1.165) is 0 Å². The van der Waals surface area contributed by atoms with E-state index in [1.807, 2.05) is 0 Å². The van der Waals surface area contributed by atoms with Gasteiger partial charge in [0.1, 0.15) is 11.9 Å². The van der Waals surface area contributed by atoms with Crippen LogP contribution < -0.4 is 5.32 Å². The van der Waals surface area contributed by atoms with Gasteiger partial charge >= 0.3 is 5.97 Å². The molecule has 0 amide bonds. The van der Waals surface area contributed by atoms with Gasteiger partial charge in [-0.05, 0) is 6.92 Å². The quantitative estimate of drug-likeness (QED) is 0.570. The third-order valence-corrected chi connectivity index (χ3v) is 2.22. The van der Waals surface area contributed by atoms with Gasteiger partial charge in [-0.2, -0.15) is 0 Å². The third kappa shape index (κ3) is 3.39. The number of carboxylic acid groups (broad SMARTS) is 1. The number of rotatable bonds is 6. The van der Waals surface area contributed by atoms with Gasteiger partial charge in [-0.3, -0.25) is 10.1 Å². The van der Waals surface area contributed by atoms with Gasteiger partial charge in [0, 0.05) is 18.9 Å². The molecule has 8 heteroatoms. The van der Waals surface area contributed by atoms with Crippen LogP contribution in [0.3, 0.4) is 0 Å². The molecule has 0 spiro atoms. The first-order chi connectivity index (χ1) is 8.45. The summed E-state index contributed by atoms with van der Waals surface area (Å²) in [5.41, 5.74) is 0.290. The number of aromatic nitrogens is 1. The lowest BCUT2D eigenvalue weighted by atomic mass is 10.2. The van der Waals surface area contributed by atoms with Crippen molar-refractivity contribution >= 4 is 17.5 Å². The number of nitro groups is 1. The topological polar surface area (TPSA) is 115 Å². The van der Waals surface area contributed by atoms with E-state index in [4.69, 9.17) is 9.84 Å². The lowest BCUT2D eigenvalue weighted by Gasteiger charge is -2.13. The summed E-state index contributed by atoms with van der Waals surface area (Å²) in [6.45, 7) is 1.48. The van der Waals surface area contributed by atoms with Gasteiger partial charge in [-0.25, -0.2) is 9.78 Å². The van der Waals surface area contributed by atoms with Gasteiger partial charge in [-0.15, -0.1) is 0 Å². The first-order valence-corrected chi connectivity index (χ1v) is 5.05. The van der Waals surface area contributed by atoms with E-state index in [-0.39, 0.29) is 18.1 Å². The predicted octanol–water partition coefficient (Wildman–Crippen LogP) is 0.810. The Kier molecular flexibility index (Phi) is 4.55. The fourth-order valence-electron chi connectivity index (χ4n) is 1.31. The largest absolute Gasteiger partial charge is 0.480 e. The monoisotopic (exact) mass is 255 g/mol. The summed E-state index contributed by atoms with van der Waals surface area (Å²) in [5, 5.41) is 22.2. The number of aliphatic carboxylic acids is 1. The molecule has 1 heterocycles. The molecule has 0 radical (unpaired) electrons. The fourth-order valence-corrected chi connectivity index (χ4v) is 1.31. The minimum absolute atomic E-state index is 0.0707. The number of aryl methyl sites for hydroxylation is 1. The van der Waals surface area contributed by atoms with E-state index in [0.29, 0.717) is 5.56 Å². The minimum atomic E-state index is -1.12. The highest BCUT2D eigenvalue weighted by atomic mass is 16.6. The smallest absolute Gasteiger partial charge is 0.328 e. The molecule has 0 aliphatic rings. The Balaban J connectivity index is 2.93. The van der Waals surface area contributed by atoms with E-state index in [1.165, 1.54) is 19.4 Å². The highest BCUT2D eigenvalue weighted by Gasteiger charge is 2.19. The molecule has 0 bridgehead atoms. The molecular weight excluding hydrogens is 242 g/mol. The molecule has 0 aliphatic carbocycles. The third-order valence-electron chi connectivity index (χ3n) is 2.22. The predicted molar refractivity (Wildman–Crippen MR) is 62.6 cm³/mol. The lowest BCUT2D eigenvalue weighted by molar-refractivity contribution is -0.385. The second-order valence-corrected chi connectivity index (χ2v) is 3.60. The normalized spacial score (nSPS) is 11.9. The molecule has 1 rings (SSSR count). The van der Waals surface area contributed by atoms with E-state index < -0.39 is 16.9 Å². The molecule has 2 N–H and O–H groups in total. The van der Waals surface area contributed by atoms with Crippen molar-refractivity contribution in [1.29, 1.82) is 0 Å². The van der Waals surface area contributed by atoms with Crippen LogP contribution in [0, 0.1) is 17.0 Å². The average Bonchev–Trinajstić information content (AvgIpc) is 2.30. The van der Waals surface area contributed by atoms with Crippen LogP contribution in [0.2, 0.25) is 0 Å². The summed E-state index contributed by atoms with van der Waals surface area (Å²) in [4.78, 5) is 24.9. The summed E-state index contributed by atoms with van der Waals surface area (Å²) in [7, 11) is 1.36. The van der Waals surface area contributed by atoms with E-state index in [9.17, 15) is 14.9 Å². The molecule has 18 heavy (non-hydrogen) atoms. The van der Waals surface area contributed by atoms with Crippen molar-refractivity contribution in [2.45, 2.75) is 13.0 Å². The number of carboxylic acids is 1. The SMILES string of the molecule is COCC(Nc1cc([N+](=O)[O-])c(C)cn1)C(=O)O. The van der Waals surface area contributed by atoms with Crippen LogP contribution in [0.15, 0.2) is 12.3 Å². The Bertz CT molecular complexity index is 463. The maximum atomic E-state index is 10.9. The van der Waals surface area contributed by atoms with Crippen LogP contribution in [0.5, 0.6) is 0 Å². The number of hydrogen-bond donors (Lipinski definition) is 2. The number of nitrogens with one attached hydrogen (secondary N) is 1. The van der Waals surface area contributed by atoms with Crippen LogP contribution in [0.25, 0.3) is 0 Å². The van der Waals surface area contributed by atoms with Crippen LogP contribution in [-0.4, -0.2) is 40.7 Å². The number of hydrogen-bond acceptors (Lipinski definition) is 6. The van der Waals surface area contributed by atoms with Crippen LogP contribution >= 0.6 is 0 Å². The van der Waals surface area contributed by atoms with Crippen molar-refractivity contribution in [3.05, 3.63) is 27.9 Å². The molecule has 1 atom stereocenters.